The van der Waals surface area contributed by atoms with Gasteiger partial charge in [0.2, 0.25) is 21.8 Å². The zero-order chi connectivity index (χ0) is 26.6. The van der Waals surface area contributed by atoms with Gasteiger partial charge in [0, 0.05) is 17.1 Å². The van der Waals surface area contributed by atoms with Gasteiger partial charge in [0.25, 0.3) is 0 Å². The summed E-state index contributed by atoms with van der Waals surface area (Å²) in [6.07, 6.45) is 4.86. The molecule has 1 saturated carbocycles. The van der Waals surface area contributed by atoms with E-state index in [2.05, 4.69) is 21.2 Å². The molecule has 1 atom stereocenters. The van der Waals surface area contributed by atoms with Gasteiger partial charge in [-0.3, -0.25) is 13.9 Å². The Morgan fingerprint density at radius 1 is 1.08 bits per heavy atom. The zero-order valence-corrected chi connectivity index (χ0v) is 24.5. The van der Waals surface area contributed by atoms with Gasteiger partial charge in [-0.2, -0.15) is 0 Å². The molecule has 0 unspecified atom stereocenters. The van der Waals surface area contributed by atoms with Gasteiger partial charge >= 0.3 is 0 Å². The highest BCUT2D eigenvalue weighted by Crippen LogP contribution is 2.35. The van der Waals surface area contributed by atoms with Crippen molar-refractivity contribution in [2.24, 2.45) is 0 Å². The molecule has 1 aliphatic rings. The number of nitrogens with zero attached hydrogens (tertiary/aromatic N) is 2. The molecule has 0 saturated heterocycles. The number of amides is 2. The summed E-state index contributed by atoms with van der Waals surface area (Å²) in [5, 5.41) is 3.29. The van der Waals surface area contributed by atoms with Crippen LogP contribution < -0.4 is 9.62 Å². The Labute approximate surface area is 235 Å². The van der Waals surface area contributed by atoms with E-state index in [1.54, 1.807) is 6.92 Å². The third-order valence-corrected chi connectivity index (χ3v) is 8.69. The first kappa shape index (κ1) is 29.0. The van der Waals surface area contributed by atoms with Crippen LogP contribution in [0.2, 0.25) is 15.1 Å². The lowest BCUT2D eigenvalue weighted by Gasteiger charge is -2.32. The molecule has 1 aliphatic carbocycles. The molecule has 2 amide bonds. The van der Waals surface area contributed by atoms with Crippen LogP contribution in [0.15, 0.2) is 40.9 Å². The number of carbonyl (C=O) groups excluding carboxylic acids is 2. The summed E-state index contributed by atoms with van der Waals surface area (Å²) in [5.41, 5.74) is 0.795. The fourth-order valence-corrected chi connectivity index (χ4v) is 6.10. The highest BCUT2D eigenvalue weighted by molar-refractivity contribution is 9.10. The maximum Gasteiger partial charge on any atom is 0.244 e. The number of halogens is 4. The lowest BCUT2D eigenvalue weighted by Crippen LogP contribution is -2.52. The second kappa shape index (κ2) is 12.3. The van der Waals surface area contributed by atoms with Crippen LogP contribution in [0.1, 0.15) is 38.2 Å². The van der Waals surface area contributed by atoms with Crippen LogP contribution in [-0.2, 0) is 26.2 Å². The van der Waals surface area contributed by atoms with Crippen molar-refractivity contribution in [2.45, 2.75) is 51.2 Å². The summed E-state index contributed by atoms with van der Waals surface area (Å²) in [6.45, 7) is 1.16. The minimum Gasteiger partial charge on any atom is -0.352 e. The summed E-state index contributed by atoms with van der Waals surface area (Å²) in [4.78, 5) is 28.1. The molecule has 3 rings (SSSR count). The number of anilines is 1. The summed E-state index contributed by atoms with van der Waals surface area (Å²) >= 11 is 21.8. The summed E-state index contributed by atoms with van der Waals surface area (Å²) in [7, 11) is -3.95. The number of nitrogens with one attached hydrogen (secondary N) is 1. The minimum absolute atomic E-state index is 0.0207. The van der Waals surface area contributed by atoms with Crippen LogP contribution in [0.25, 0.3) is 0 Å². The number of benzene rings is 2. The van der Waals surface area contributed by atoms with Crippen molar-refractivity contribution in [2.75, 3.05) is 17.1 Å². The first-order chi connectivity index (χ1) is 16.9. The molecule has 0 bridgehead atoms. The number of hydrogen-bond acceptors (Lipinski definition) is 4. The topological polar surface area (TPSA) is 86.8 Å². The number of carbonyl (C=O) groups is 2. The van der Waals surface area contributed by atoms with E-state index in [-0.39, 0.29) is 39.2 Å². The Bertz CT molecular complexity index is 1240. The fourth-order valence-electron chi connectivity index (χ4n) is 4.10. The predicted octanol–water partition coefficient (Wildman–Crippen LogP) is 5.65. The van der Waals surface area contributed by atoms with E-state index < -0.39 is 28.5 Å². The molecule has 0 aromatic heterocycles. The van der Waals surface area contributed by atoms with E-state index in [1.807, 2.05) is 24.3 Å². The zero-order valence-electron chi connectivity index (χ0n) is 19.8. The largest absolute Gasteiger partial charge is 0.352 e. The molecule has 1 N–H and O–H groups in total. The molecule has 2 aromatic carbocycles. The van der Waals surface area contributed by atoms with Crippen LogP contribution in [0, 0.1) is 0 Å². The molecular formula is C24H27BrCl3N3O4S. The van der Waals surface area contributed by atoms with Crippen molar-refractivity contribution in [3.63, 3.8) is 0 Å². The average molecular weight is 640 g/mol. The molecule has 12 heteroatoms. The Balaban J connectivity index is 1.93. The molecule has 0 radical (unpaired) electrons. The summed E-state index contributed by atoms with van der Waals surface area (Å²) < 4.78 is 27.1. The molecule has 0 spiro atoms. The second-order valence-electron chi connectivity index (χ2n) is 8.80. The molecule has 0 heterocycles. The molecule has 2 aromatic rings. The van der Waals surface area contributed by atoms with Crippen LogP contribution in [0.3, 0.4) is 0 Å². The normalized spacial score (nSPS) is 14.9. The number of sulfonamides is 1. The van der Waals surface area contributed by atoms with E-state index in [0.29, 0.717) is 0 Å². The maximum absolute atomic E-state index is 13.6. The van der Waals surface area contributed by atoms with Crippen molar-refractivity contribution in [3.05, 3.63) is 61.5 Å². The van der Waals surface area contributed by atoms with Gasteiger partial charge in [0.05, 0.1) is 27.0 Å². The van der Waals surface area contributed by atoms with Gasteiger partial charge < -0.3 is 10.2 Å². The Morgan fingerprint density at radius 2 is 1.72 bits per heavy atom. The van der Waals surface area contributed by atoms with Crippen molar-refractivity contribution < 1.29 is 18.0 Å². The average Bonchev–Trinajstić information content (AvgIpc) is 3.30. The lowest BCUT2D eigenvalue weighted by atomic mass is 10.1. The highest BCUT2D eigenvalue weighted by atomic mass is 79.9. The fraction of sp³-hybridized carbons (Fsp3) is 0.417. The maximum atomic E-state index is 13.6. The highest BCUT2D eigenvalue weighted by Gasteiger charge is 2.32. The number of rotatable bonds is 9. The molecule has 7 nitrogen and oxygen atoms in total. The minimum atomic E-state index is -3.95. The molecule has 1 fully saturated rings. The third kappa shape index (κ3) is 7.51. The van der Waals surface area contributed by atoms with Crippen molar-refractivity contribution in [1.82, 2.24) is 10.2 Å². The SMILES string of the molecule is C[C@@H](C(=O)NC1CCCC1)N(Cc1cccc(Br)c1)C(=O)CN(c1cc(Cl)c(Cl)cc1Cl)S(C)(=O)=O. The van der Waals surface area contributed by atoms with Gasteiger partial charge in [-0.25, -0.2) is 8.42 Å². The first-order valence-electron chi connectivity index (χ1n) is 11.3. The van der Waals surface area contributed by atoms with E-state index in [9.17, 15) is 18.0 Å². The van der Waals surface area contributed by atoms with Crippen LogP contribution in [0.4, 0.5) is 5.69 Å². The van der Waals surface area contributed by atoms with Gasteiger partial charge in [0.15, 0.2) is 0 Å². The van der Waals surface area contributed by atoms with Gasteiger partial charge in [0.1, 0.15) is 12.6 Å². The smallest absolute Gasteiger partial charge is 0.244 e. The van der Waals surface area contributed by atoms with E-state index in [4.69, 9.17) is 34.8 Å². The standard InChI is InChI=1S/C24H27BrCl3N3O4S/c1-15(24(33)29-18-8-3-4-9-18)30(13-16-6-5-7-17(25)10-16)23(32)14-31(36(2,34)35)22-12-20(27)19(26)11-21(22)28/h5-7,10-12,15,18H,3-4,8-9,13-14H2,1-2H3,(H,29,33)/t15-/m0/s1. The van der Waals surface area contributed by atoms with Crippen LogP contribution in [-0.4, -0.2) is 50.0 Å². The van der Waals surface area contributed by atoms with Gasteiger partial charge in [-0.05, 0) is 49.6 Å². The Kier molecular flexibility index (Phi) is 9.96. The van der Waals surface area contributed by atoms with Crippen molar-refractivity contribution in [3.8, 4) is 0 Å². The monoisotopic (exact) mass is 637 g/mol. The Hall–Kier alpha value is -1.52. The molecule has 36 heavy (non-hydrogen) atoms. The van der Waals surface area contributed by atoms with E-state index >= 15 is 0 Å². The predicted molar refractivity (Wildman–Crippen MR) is 148 cm³/mol. The number of hydrogen-bond donors (Lipinski definition) is 1. The van der Waals surface area contributed by atoms with Crippen molar-refractivity contribution in [1.29, 1.82) is 0 Å². The van der Waals surface area contributed by atoms with Gasteiger partial charge in [-0.15, -0.1) is 0 Å². The van der Waals surface area contributed by atoms with Gasteiger partial charge in [-0.1, -0.05) is 75.7 Å². The Morgan fingerprint density at radius 3 is 2.33 bits per heavy atom. The van der Waals surface area contributed by atoms with Crippen LogP contribution in [0.5, 0.6) is 0 Å². The van der Waals surface area contributed by atoms with E-state index in [1.165, 1.54) is 17.0 Å². The molecular weight excluding hydrogens is 613 g/mol. The quantitative estimate of drug-likeness (QED) is 0.360. The van der Waals surface area contributed by atoms with Crippen LogP contribution >= 0.6 is 50.7 Å². The third-order valence-electron chi connectivity index (χ3n) is 6.05. The summed E-state index contributed by atoms with van der Waals surface area (Å²) in [5.74, 6) is -0.861. The molecule has 0 aliphatic heterocycles. The first-order valence-corrected chi connectivity index (χ1v) is 15.1. The van der Waals surface area contributed by atoms with Crippen molar-refractivity contribution >= 4 is 78.3 Å². The second-order valence-corrected chi connectivity index (χ2v) is 12.8. The summed E-state index contributed by atoms with van der Waals surface area (Å²) in [6, 6.07) is 9.19. The lowest BCUT2D eigenvalue weighted by molar-refractivity contribution is -0.139. The van der Waals surface area contributed by atoms with E-state index in [0.717, 1.165) is 46.3 Å². The molecule has 196 valence electrons.